The van der Waals surface area contributed by atoms with Crippen LogP contribution in [0.3, 0.4) is 0 Å². The molecule has 3 aromatic rings. The molecule has 0 aliphatic heterocycles. The monoisotopic (exact) mass is 393 g/mol. The lowest BCUT2D eigenvalue weighted by Crippen LogP contribution is -2.15. The summed E-state index contributed by atoms with van der Waals surface area (Å²) in [5, 5.41) is 0.865. The van der Waals surface area contributed by atoms with Crippen LogP contribution in [-0.4, -0.2) is 30.6 Å². The number of methoxy groups -OCH3 is 1. The highest BCUT2D eigenvalue weighted by atomic mass is 16.5. The molecule has 6 nitrogen and oxygen atoms in total. The van der Waals surface area contributed by atoms with Gasteiger partial charge in [0, 0.05) is 5.39 Å². The van der Waals surface area contributed by atoms with E-state index in [-0.39, 0.29) is 19.6 Å². The van der Waals surface area contributed by atoms with Gasteiger partial charge in [0.1, 0.15) is 12.4 Å². The summed E-state index contributed by atoms with van der Waals surface area (Å²) in [6.07, 6.45) is 0.116. The molecular weight excluding hydrogens is 370 g/mol. The molecule has 0 bridgehead atoms. The number of esters is 2. The molecule has 2 aromatic carbocycles. The molecule has 6 heteroatoms. The van der Waals surface area contributed by atoms with Crippen LogP contribution in [0.2, 0.25) is 0 Å². The van der Waals surface area contributed by atoms with Crippen LogP contribution >= 0.6 is 0 Å². The standard InChI is InChI=1S/C23H23NO5/c1-4-28-23(26)22-15(2)18-7-5-6-8-19(18)24-20(22)14-29-21(25)13-16-9-11-17(27-3)12-10-16/h5-12H,4,13-14H2,1-3H3. The molecule has 1 heterocycles. The van der Waals surface area contributed by atoms with Crippen molar-refractivity contribution in [1.82, 2.24) is 4.98 Å². The average molecular weight is 393 g/mol. The van der Waals surface area contributed by atoms with Crippen LogP contribution in [-0.2, 0) is 27.3 Å². The second kappa shape index (κ2) is 9.19. The zero-order chi connectivity index (χ0) is 20.8. The first-order valence-corrected chi connectivity index (χ1v) is 9.37. The Morgan fingerprint density at radius 2 is 1.72 bits per heavy atom. The Morgan fingerprint density at radius 3 is 2.41 bits per heavy atom. The molecule has 0 saturated carbocycles. The molecule has 0 saturated heterocycles. The maximum Gasteiger partial charge on any atom is 0.340 e. The molecule has 1 aromatic heterocycles. The smallest absolute Gasteiger partial charge is 0.340 e. The van der Waals surface area contributed by atoms with Gasteiger partial charge in [-0.2, -0.15) is 0 Å². The van der Waals surface area contributed by atoms with Crippen molar-refractivity contribution in [3.8, 4) is 5.75 Å². The van der Waals surface area contributed by atoms with E-state index in [1.165, 1.54) is 0 Å². The zero-order valence-corrected chi connectivity index (χ0v) is 16.7. The Balaban J connectivity index is 1.81. The van der Waals surface area contributed by atoms with Crippen LogP contribution in [0.15, 0.2) is 48.5 Å². The molecule has 3 rings (SSSR count). The largest absolute Gasteiger partial charge is 0.497 e. The van der Waals surface area contributed by atoms with Crippen molar-refractivity contribution in [2.24, 2.45) is 0 Å². The summed E-state index contributed by atoms with van der Waals surface area (Å²) in [4.78, 5) is 29.4. The lowest BCUT2D eigenvalue weighted by atomic mass is 10.0. The van der Waals surface area contributed by atoms with Crippen molar-refractivity contribution >= 4 is 22.8 Å². The topological polar surface area (TPSA) is 74.7 Å². The van der Waals surface area contributed by atoms with E-state index in [0.29, 0.717) is 11.3 Å². The van der Waals surface area contributed by atoms with E-state index in [0.717, 1.165) is 27.8 Å². The van der Waals surface area contributed by atoms with E-state index in [9.17, 15) is 9.59 Å². The van der Waals surface area contributed by atoms with E-state index in [1.54, 1.807) is 26.2 Å². The van der Waals surface area contributed by atoms with Gasteiger partial charge in [0.05, 0.1) is 36.9 Å². The molecule has 0 spiro atoms. The number of benzene rings is 2. The second-order valence-corrected chi connectivity index (χ2v) is 6.48. The minimum absolute atomic E-state index is 0.102. The van der Waals surface area contributed by atoms with Crippen LogP contribution < -0.4 is 4.74 Å². The second-order valence-electron chi connectivity index (χ2n) is 6.48. The fraction of sp³-hybridized carbons (Fsp3) is 0.261. The number of pyridine rings is 1. The van der Waals surface area contributed by atoms with Crippen LogP contribution in [0.4, 0.5) is 0 Å². The van der Waals surface area contributed by atoms with Crippen LogP contribution in [0.1, 0.15) is 34.1 Å². The number of aryl methyl sites for hydroxylation is 1. The number of hydrogen-bond acceptors (Lipinski definition) is 6. The van der Waals surface area contributed by atoms with Crippen molar-refractivity contribution < 1.29 is 23.8 Å². The number of rotatable bonds is 7. The summed E-state index contributed by atoms with van der Waals surface area (Å²) < 4.78 is 15.7. The predicted molar refractivity (Wildman–Crippen MR) is 109 cm³/mol. The molecule has 150 valence electrons. The van der Waals surface area contributed by atoms with Gasteiger partial charge in [-0.05, 0) is 43.2 Å². The summed E-state index contributed by atoms with van der Waals surface area (Å²) >= 11 is 0. The van der Waals surface area contributed by atoms with E-state index in [1.807, 2.05) is 43.3 Å². The maximum absolute atomic E-state index is 12.5. The minimum Gasteiger partial charge on any atom is -0.497 e. The van der Waals surface area contributed by atoms with Crippen molar-refractivity contribution in [2.75, 3.05) is 13.7 Å². The number of fused-ring (bicyclic) bond motifs is 1. The number of ether oxygens (including phenoxy) is 3. The fourth-order valence-electron chi connectivity index (χ4n) is 3.13. The predicted octanol–water partition coefficient (Wildman–Crippen LogP) is 4.01. The lowest BCUT2D eigenvalue weighted by molar-refractivity contribution is -0.144. The number of hydrogen-bond donors (Lipinski definition) is 0. The molecule has 0 N–H and O–H groups in total. The summed E-state index contributed by atoms with van der Waals surface area (Å²) in [6.45, 7) is 3.74. The SMILES string of the molecule is CCOC(=O)c1c(COC(=O)Cc2ccc(OC)cc2)nc2ccccc2c1C. The van der Waals surface area contributed by atoms with E-state index in [2.05, 4.69) is 4.98 Å². The van der Waals surface area contributed by atoms with Crippen LogP contribution in [0.5, 0.6) is 5.75 Å². The third kappa shape index (κ3) is 4.71. The highest BCUT2D eigenvalue weighted by molar-refractivity contribution is 5.98. The first-order valence-electron chi connectivity index (χ1n) is 9.37. The van der Waals surface area contributed by atoms with Crippen LogP contribution in [0.25, 0.3) is 10.9 Å². The fourth-order valence-corrected chi connectivity index (χ4v) is 3.13. The first-order chi connectivity index (χ1) is 14.0. The molecule has 0 amide bonds. The van der Waals surface area contributed by atoms with Gasteiger partial charge in [0.25, 0.3) is 0 Å². The highest BCUT2D eigenvalue weighted by Gasteiger charge is 2.21. The van der Waals surface area contributed by atoms with E-state index < -0.39 is 11.9 Å². The molecule has 0 aliphatic carbocycles. The van der Waals surface area contributed by atoms with Gasteiger partial charge in [-0.1, -0.05) is 30.3 Å². The van der Waals surface area contributed by atoms with Gasteiger partial charge in [-0.25, -0.2) is 9.78 Å². The Hall–Kier alpha value is -3.41. The number of carbonyl (C=O) groups excluding carboxylic acids is 2. The van der Waals surface area contributed by atoms with E-state index in [4.69, 9.17) is 14.2 Å². The number of aromatic nitrogens is 1. The molecule has 0 radical (unpaired) electrons. The van der Waals surface area contributed by atoms with Crippen molar-refractivity contribution in [3.05, 3.63) is 70.9 Å². The molecule has 0 atom stereocenters. The summed E-state index contributed by atoms with van der Waals surface area (Å²) in [5.41, 5.74) is 3.05. The van der Waals surface area contributed by atoms with Crippen LogP contribution in [0, 0.1) is 6.92 Å². The van der Waals surface area contributed by atoms with Crippen molar-refractivity contribution in [1.29, 1.82) is 0 Å². The number of carbonyl (C=O) groups is 2. The Kier molecular flexibility index (Phi) is 6.44. The summed E-state index contributed by atoms with van der Waals surface area (Å²) in [6, 6.07) is 14.7. The molecule has 0 unspecified atom stereocenters. The maximum atomic E-state index is 12.5. The summed E-state index contributed by atoms with van der Waals surface area (Å²) in [7, 11) is 1.59. The van der Waals surface area contributed by atoms with Gasteiger partial charge in [-0.15, -0.1) is 0 Å². The molecule has 0 aliphatic rings. The van der Waals surface area contributed by atoms with Gasteiger partial charge >= 0.3 is 11.9 Å². The Bertz CT molecular complexity index is 1030. The first kappa shape index (κ1) is 20.3. The zero-order valence-electron chi connectivity index (χ0n) is 16.7. The normalized spacial score (nSPS) is 10.6. The highest BCUT2D eigenvalue weighted by Crippen LogP contribution is 2.24. The molecular formula is C23H23NO5. The number of nitrogens with zero attached hydrogens (tertiary/aromatic N) is 1. The molecule has 0 fully saturated rings. The number of para-hydroxylation sites is 1. The van der Waals surface area contributed by atoms with Gasteiger partial charge in [0.15, 0.2) is 0 Å². The van der Waals surface area contributed by atoms with Crippen molar-refractivity contribution in [3.63, 3.8) is 0 Å². The Labute approximate surface area is 169 Å². The molecule has 29 heavy (non-hydrogen) atoms. The van der Waals surface area contributed by atoms with E-state index >= 15 is 0 Å². The minimum atomic E-state index is -0.468. The van der Waals surface area contributed by atoms with Gasteiger partial charge < -0.3 is 14.2 Å². The third-order valence-corrected chi connectivity index (χ3v) is 4.58. The Morgan fingerprint density at radius 1 is 1.00 bits per heavy atom. The van der Waals surface area contributed by atoms with Gasteiger partial charge in [-0.3, -0.25) is 4.79 Å². The van der Waals surface area contributed by atoms with Gasteiger partial charge in [0.2, 0.25) is 0 Å². The third-order valence-electron chi connectivity index (χ3n) is 4.58. The summed E-state index contributed by atoms with van der Waals surface area (Å²) in [5.74, 6) is -0.154. The average Bonchev–Trinajstić information content (AvgIpc) is 2.73. The van der Waals surface area contributed by atoms with Crippen molar-refractivity contribution in [2.45, 2.75) is 26.9 Å². The quantitative estimate of drug-likeness (QED) is 0.565. The lowest BCUT2D eigenvalue weighted by Gasteiger charge is -2.14.